The third kappa shape index (κ3) is 3.72. The number of ether oxygens (including phenoxy) is 1. The summed E-state index contributed by atoms with van der Waals surface area (Å²) in [7, 11) is 0. The van der Waals surface area contributed by atoms with Crippen LogP contribution in [0.3, 0.4) is 0 Å². The van der Waals surface area contributed by atoms with Crippen LogP contribution in [0.15, 0.2) is 22.7 Å². The van der Waals surface area contributed by atoms with Gasteiger partial charge in [-0.1, -0.05) is 6.42 Å². The van der Waals surface area contributed by atoms with Gasteiger partial charge in [0.1, 0.15) is 11.6 Å². The number of carbonyl (C=O) groups excluding carboxylic acids is 1. The van der Waals surface area contributed by atoms with Crippen molar-refractivity contribution in [3.8, 4) is 5.75 Å². The number of hydrogen-bond donors (Lipinski definition) is 1. The van der Waals surface area contributed by atoms with Gasteiger partial charge in [0.2, 0.25) is 0 Å². The Balaban J connectivity index is 1.89. The van der Waals surface area contributed by atoms with Crippen LogP contribution in [-0.2, 0) is 4.79 Å². The van der Waals surface area contributed by atoms with Gasteiger partial charge in [0, 0.05) is 6.04 Å². The molecule has 2 rings (SSSR count). The third-order valence-corrected chi connectivity index (χ3v) is 4.41. The van der Waals surface area contributed by atoms with Gasteiger partial charge in [0.05, 0.1) is 4.47 Å². The highest BCUT2D eigenvalue weighted by atomic mass is 79.9. The van der Waals surface area contributed by atoms with Gasteiger partial charge in [-0.05, 0) is 66.7 Å². The Morgan fingerprint density at radius 1 is 1.45 bits per heavy atom. The first-order valence-corrected chi connectivity index (χ1v) is 7.68. The molecule has 1 N–H and O–H groups in total. The average Bonchev–Trinajstić information content (AvgIpc) is 2.30. The van der Waals surface area contributed by atoms with E-state index in [2.05, 4.69) is 21.2 Å². The maximum atomic E-state index is 13.0. The van der Waals surface area contributed by atoms with Crippen molar-refractivity contribution in [2.45, 2.75) is 45.3 Å². The SMILES string of the molecule is CC(Oc1ccc(F)cc1Br)C(=O)NC(C)C1CCC1. The van der Waals surface area contributed by atoms with Gasteiger partial charge in [-0.25, -0.2) is 4.39 Å². The molecule has 0 spiro atoms. The summed E-state index contributed by atoms with van der Waals surface area (Å²) >= 11 is 3.22. The molecule has 0 bridgehead atoms. The largest absolute Gasteiger partial charge is 0.480 e. The number of nitrogens with one attached hydrogen (secondary N) is 1. The molecule has 0 aliphatic heterocycles. The zero-order valence-electron chi connectivity index (χ0n) is 11.7. The first kappa shape index (κ1) is 15.3. The van der Waals surface area contributed by atoms with E-state index in [1.165, 1.54) is 37.5 Å². The summed E-state index contributed by atoms with van der Waals surface area (Å²) in [6.07, 6.45) is 3.00. The van der Waals surface area contributed by atoms with Crippen LogP contribution < -0.4 is 10.1 Å². The predicted octanol–water partition coefficient (Wildman–Crippen LogP) is 3.66. The minimum Gasteiger partial charge on any atom is -0.480 e. The zero-order valence-corrected chi connectivity index (χ0v) is 13.2. The molecule has 0 radical (unpaired) electrons. The van der Waals surface area contributed by atoms with Gasteiger partial charge in [0.25, 0.3) is 5.91 Å². The lowest BCUT2D eigenvalue weighted by Gasteiger charge is -2.32. The molecule has 0 heterocycles. The number of halogens is 2. The summed E-state index contributed by atoms with van der Waals surface area (Å²) in [5, 5.41) is 2.98. The van der Waals surface area contributed by atoms with Crippen molar-refractivity contribution in [3.63, 3.8) is 0 Å². The molecule has 1 aliphatic carbocycles. The van der Waals surface area contributed by atoms with Gasteiger partial charge in [-0.3, -0.25) is 4.79 Å². The van der Waals surface area contributed by atoms with Crippen molar-refractivity contribution in [1.29, 1.82) is 0 Å². The van der Waals surface area contributed by atoms with E-state index in [9.17, 15) is 9.18 Å². The number of rotatable bonds is 5. The molecule has 1 fully saturated rings. The highest BCUT2D eigenvalue weighted by Crippen LogP contribution is 2.29. The lowest BCUT2D eigenvalue weighted by molar-refractivity contribution is -0.128. The summed E-state index contributed by atoms with van der Waals surface area (Å²) in [5.74, 6) is 0.564. The van der Waals surface area contributed by atoms with Crippen LogP contribution in [0, 0.1) is 11.7 Å². The zero-order chi connectivity index (χ0) is 14.7. The van der Waals surface area contributed by atoms with Crippen molar-refractivity contribution < 1.29 is 13.9 Å². The van der Waals surface area contributed by atoms with E-state index >= 15 is 0 Å². The quantitative estimate of drug-likeness (QED) is 0.885. The second-order valence-electron chi connectivity index (χ2n) is 5.32. The number of hydrogen-bond acceptors (Lipinski definition) is 2. The predicted molar refractivity (Wildman–Crippen MR) is 79.1 cm³/mol. The summed E-state index contributed by atoms with van der Waals surface area (Å²) in [5.41, 5.74) is 0. The highest BCUT2D eigenvalue weighted by Gasteiger charge is 2.27. The lowest BCUT2D eigenvalue weighted by Crippen LogP contribution is -2.45. The molecule has 1 amide bonds. The van der Waals surface area contributed by atoms with Gasteiger partial charge in [-0.15, -0.1) is 0 Å². The maximum Gasteiger partial charge on any atom is 0.260 e. The molecule has 2 atom stereocenters. The molecule has 0 aromatic heterocycles. The van der Waals surface area contributed by atoms with Crippen LogP contribution in [0.1, 0.15) is 33.1 Å². The first-order chi connectivity index (χ1) is 9.47. The smallest absolute Gasteiger partial charge is 0.260 e. The van der Waals surface area contributed by atoms with Crippen molar-refractivity contribution in [2.75, 3.05) is 0 Å². The molecule has 1 aromatic rings. The van der Waals surface area contributed by atoms with Crippen LogP contribution in [0.5, 0.6) is 5.75 Å². The summed E-state index contributed by atoms with van der Waals surface area (Å²) in [6, 6.07) is 4.32. The molecule has 5 heteroatoms. The Hall–Kier alpha value is -1.10. The molecule has 1 aromatic carbocycles. The van der Waals surface area contributed by atoms with Crippen LogP contribution in [0.25, 0.3) is 0 Å². The second kappa shape index (κ2) is 6.57. The van der Waals surface area contributed by atoms with E-state index in [1.54, 1.807) is 6.92 Å². The molecular weight excluding hydrogens is 325 g/mol. The Kier molecular flexibility index (Phi) is 5.02. The Bertz CT molecular complexity index is 491. The second-order valence-corrected chi connectivity index (χ2v) is 6.18. The van der Waals surface area contributed by atoms with Crippen molar-refractivity contribution in [2.24, 2.45) is 5.92 Å². The van der Waals surface area contributed by atoms with Gasteiger partial charge < -0.3 is 10.1 Å². The first-order valence-electron chi connectivity index (χ1n) is 6.89. The minimum absolute atomic E-state index is 0.138. The Labute approximate surface area is 127 Å². The molecule has 2 unspecified atom stereocenters. The van der Waals surface area contributed by atoms with E-state index in [4.69, 9.17) is 4.74 Å². The van der Waals surface area contributed by atoms with Crippen molar-refractivity contribution >= 4 is 21.8 Å². The summed E-state index contributed by atoms with van der Waals surface area (Å²) in [6.45, 7) is 3.72. The van der Waals surface area contributed by atoms with E-state index in [-0.39, 0.29) is 17.8 Å². The lowest BCUT2D eigenvalue weighted by atomic mass is 9.80. The number of amides is 1. The van der Waals surface area contributed by atoms with E-state index in [1.807, 2.05) is 6.92 Å². The van der Waals surface area contributed by atoms with E-state index in [0.717, 1.165) is 0 Å². The van der Waals surface area contributed by atoms with Crippen LogP contribution >= 0.6 is 15.9 Å². The average molecular weight is 344 g/mol. The molecule has 20 heavy (non-hydrogen) atoms. The number of benzene rings is 1. The molecule has 1 aliphatic rings. The fourth-order valence-electron chi connectivity index (χ4n) is 2.21. The maximum absolute atomic E-state index is 13.0. The van der Waals surface area contributed by atoms with Gasteiger partial charge >= 0.3 is 0 Å². The van der Waals surface area contributed by atoms with Gasteiger partial charge in [-0.2, -0.15) is 0 Å². The Morgan fingerprint density at radius 3 is 2.70 bits per heavy atom. The van der Waals surface area contributed by atoms with E-state index in [0.29, 0.717) is 16.1 Å². The van der Waals surface area contributed by atoms with Crippen LogP contribution in [-0.4, -0.2) is 18.1 Å². The Morgan fingerprint density at radius 2 is 2.15 bits per heavy atom. The molecule has 3 nitrogen and oxygen atoms in total. The third-order valence-electron chi connectivity index (χ3n) is 3.79. The van der Waals surface area contributed by atoms with Crippen molar-refractivity contribution in [1.82, 2.24) is 5.32 Å². The fourth-order valence-corrected chi connectivity index (χ4v) is 2.66. The summed E-state index contributed by atoms with van der Waals surface area (Å²) in [4.78, 5) is 12.1. The number of carbonyl (C=O) groups is 1. The standard InChI is InChI=1S/C15H19BrFNO2/c1-9(11-4-3-5-11)18-15(19)10(2)20-14-7-6-12(17)8-13(14)16/h6-11H,3-5H2,1-2H3,(H,18,19). The topological polar surface area (TPSA) is 38.3 Å². The van der Waals surface area contributed by atoms with Crippen molar-refractivity contribution in [3.05, 3.63) is 28.5 Å². The van der Waals surface area contributed by atoms with Crippen LogP contribution in [0.4, 0.5) is 4.39 Å². The van der Waals surface area contributed by atoms with E-state index < -0.39 is 6.10 Å². The van der Waals surface area contributed by atoms with Gasteiger partial charge in [0.15, 0.2) is 6.10 Å². The highest BCUT2D eigenvalue weighted by molar-refractivity contribution is 9.10. The summed E-state index contributed by atoms with van der Waals surface area (Å²) < 4.78 is 19.1. The fraction of sp³-hybridized carbons (Fsp3) is 0.533. The van der Waals surface area contributed by atoms with Crippen LogP contribution in [0.2, 0.25) is 0 Å². The monoisotopic (exact) mass is 343 g/mol. The molecular formula is C15H19BrFNO2. The molecule has 110 valence electrons. The molecule has 0 saturated heterocycles. The molecule has 1 saturated carbocycles. The normalized spacial score (nSPS) is 18.0. The minimum atomic E-state index is -0.612.